The molecule has 0 saturated carbocycles. The Balaban J connectivity index is 1.91. The average Bonchev–Trinajstić information content (AvgIpc) is 2.52. The van der Waals surface area contributed by atoms with Gasteiger partial charge in [-0.3, -0.25) is 10.1 Å². The molecule has 122 valence electrons. The third-order valence-corrected chi connectivity index (χ3v) is 3.79. The summed E-state index contributed by atoms with van der Waals surface area (Å²) in [7, 11) is 0. The minimum atomic E-state index is -0.848. The molecule has 8 heteroatoms. The van der Waals surface area contributed by atoms with Gasteiger partial charge in [-0.1, -0.05) is 15.9 Å². The quantitative estimate of drug-likeness (QED) is 0.377. The minimum absolute atomic E-state index is 0.0849. The van der Waals surface area contributed by atoms with Gasteiger partial charge in [0.05, 0.1) is 11.0 Å². The van der Waals surface area contributed by atoms with Crippen molar-refractivity contribution in [3.05, 3.63) is 78.9 Å². The van der Waals surface area contributed by atoms with Gasteiger partial charge in [-0.25, -0.2) is 9.18 Å². The minimum Gasteiger partial charge on any atom is -0.486 e. The number of non-ortho nitro benzene ring substituents is 1. The highest BCUT2D eigenvalue weighted by molar-refractivity contribution is 9.10. The third-order valence-electron chi connectivity index (χ3n) is 3.30. The van der Waals surface area contributed by atoms with Gasteiger partial charge in [0.25, 0.3) is 5.69 Å². The van der Waals surface area contributed by atoms with E-state index in [0.717, 1.165) is 16.6 Å². The molecule has 1 heterocycles. The van der Waals surface area contributed by atoms with Gasteiger partial charge in [-0.05, 0) is 24.3 Å². The smallest absolute Gasteiger partial charge is 0.336 e. The van der Waals surface area contributed by atoms with Gasteiger partial charge in [-0.2, -0.15) is 0 Å². The first-order valence-electron chi connectivity index (χ1n) is 6.73. The molecule has 24 heavy (non-hydrogen) atoms. The predicted molar refractivity (Wildman–Crippen MR) is 87.6 cm³/mol. The van der Waals surface area contributed by atoms with Crippen molar-refractivity contribution in [1.82, 2.24) is 0 Å². The molecule has 6 nitrogen and oxygen atoms in total. The van der Waals surface area contributed by atoms with Crippen LogP contribution < -0.4 is 10.4 Å². The highest BCUT2D eigenvalue weighted by atomic mass is 79.9. The molecule has 0 radical (unpaired) electrons. The van der Waals surface area contributed by atoms with Gasteiger partial charge in [0, 0.05) is 27.6 Å². The number of benzene rings is 2. The molecule has 0 aliphatic heterocycles. The van der Waals surface area contributed by atoms with E-state index in [1.54, 1.807) is 18.2 Å². The van der Waals surface area contributed by atoms with Gasteiger partial charge < -0.3 is 9.15 Å². The lowest BCUT2D eigenvalue weighted by Crippen LogP contribution is -2.05. The number of rotatable bonds is 4. The number of nitro benzene ring substituents is 1. The van der Waals surface area contributed by atoms with Crippen molar-refractivity contribution in [3.63, 3.8) is 0 Å². The number of nitrogens with zero attached hydrogens (tertiary/aromatic N) is 1. The van der Waals surface area contributed by atoms with Gasteiger partial charge in [0.15, 0.2) is 11.6 Å². The van der Waals surface area contributed by atoms with Gasteiger partial charge in [0.2, 0.25) is 0 Å². The second kappa shape index (κ2) is 6.40. The van der Waals surface area contributed by atoms with E-state index >= 15 is 0 Å². The normalized spacial score (nSPS) is 10.8. The Morgan fingerprint density at radius 1 is 1.21 bits per heavy atom. The highest BCUT2D eigenvalue weighted by Gasteiger charge is 2.13. The first kappa shape index (κ1) is 16.1. The lowest BCUT2D eigenvalue weighted by Gasteiger charge is -2.09. The highest BCUT2D eigenvalue weighted by Crippen LogP contribution is 2.25. The van der Waals surface area contributed by atoms with Gasteiger partial charge in [-0.15, -0.1) is 0 Å². The summed E-state index contributed by atoms with van der Waals surface area (Å²) in [6.45, 7) is -0.0849. The molecule has 0 N–H and O–H groups in total. The second-order valence-corrected chi connectivity index (χ2v) is 5.81. The molecular formula is C16H9BrFNO5. The second-order valence-electron chi connectivity index (χ2n) is 4.89. The Labute approximate surface area is 142 Å². The van der Waals surface area contributed by atoms with Gasteiger partial charge in [0.1, 0.15) is 12.2 Å². The van der Waals surface area contributed by atoms with Crippen molar-refractivity contribution in [2.75, 3.05) is 0 Å². The summed E-state index contributed by atoms with van der Waals surface area (Å²) in [4.78, 5) is 21.5. The number of ether oxygens (including phenoxy) is 1. The largest absolute Gasteiger partial charge is 0.486 e. The van der Waals surface area contributed by atoms with E-state index in [2.05, 4.69) is 15.9 Å². The molecule has 2 aromatic carbocycles. The van der Waals surface area contributed by atoms with Crippen molar-refractivity contribution in [3.8, 4) is 5.75 Å². The lowest BCUT2D eigenvalue weighted by molar-refractivity contribution is -0.385. The standard InChI is InChI=1S/C16H9BrFNO5/c17-10-1-3-12-9(5-16(20)24-15(12)6-10)8-23-14-4-2-11(19(21)22)7-13(14)18/h1-7H,8H2. The van der Waals surface area contributed by atoms with Crippen molar-refractivity contribution in [2.24, 2.45) is 0 Å². The summed E-state index contributed by atoms with van der Waals surface area (Å²) in [5, 5.41) is 11.3. The van der Waals surface area contributed by atoms with Crippen LogP contribution in [0.25, 0.3) is 11.0 Å². The Kier molecular flexibility index (Phi) is 4.30. The van der Waals surface area contributed by atoms with E-state index in [4.69, 9.17) is 9.15 Å². The molecule has 0 aliphatic carbocycles. The molecule has 3 aromatic rings. The zero-order valence-corrected chi connectivity index (χ0v) is 13.6. The van der Waals surface area contributed by atoms with E-state index in [0.29, 0.717) is 16.5 Å². The first-order valence-corrected chi connectivity index (χ1v) is 7.52. The number of hydrogen-bond donors (Lipinski definition) is 0. The zero-order chi connectivity index (χ0) is 17.3. The summed E-state index contributed by atoms with van der Waals surface area (Å²) in [5.74, 6) is -0.988. The van der Waals surface area contributed by atoms with Crippen LogP contribution in [-0.4, -0.2) is 4.92 Å². The van der Waals surface area contributed by atoms with Crippen molar-refractivity contribution >= 4 is 32.6 Å². The Morgan fingerprint density at radius 2 is 2.00 bits per heavy atom. The molecule has 0 bridgehead atoms. The maximum absolute atomic E-state index is 13.8. The molecule has 0 aliphatic rings. The third kappa shape index (κ3) is 3.28. The maximum atomic E-state index is 13.8. The van der Waals surface area contributed by atoms with E-state index in [-0.39, 0.29) is 18.0 Å². The van der Waals surface area contributed by atoms with Crippen molar-refractivity contribution < 1.29 is 18.5 Å². The molecule has 0 spiro atoms. The monoisotopic (exact) mass is 393 g/mol. The van der Waals surface area contributed by atoms with E-state index in [9.17, 15) is 19.3 Å². The fourth-order valence-corrected chi connectivity index (χ4v) is 2.54. The molecule has 0 atom stereocenters. The number of halogens is 2. The number of hydrogen-bond acceptors (Lipinski definition) is 5. The van der Waals surface area contributed by atoms with Crippen LogP contribution >= 0.6 is 15.9 Å². The summed E-state index contributed by atoms with van der Waals surface area (Å²) >= 11 is 3.29. The van der Waals surface area contributed by atoms with Gasteiger partial charge >= 0.3 is 5.63 Å². The lowest BCUT2D eigenvalue weighted by atomic mass is 10.1. The van der Waals surface area contributed by atoms with Crippen molar-refractivity contribution in [2.45, 2.75) is 6.61 Å². The van der Waals surface area contributed by atoms with Crippen LogP contribution in [0, 0.1) is 15.9 Å². The average molecular weight is 394 g/mol. The van der Waals surface area contributed by atoms with Crippen LogP contribution in [0.15, 0.2) is 56.1 Å². The van der Waals surface area contributed by atoms with Crippen LogP contribution in [0.4, 0.5) is 10.1 Å². The van der Waals surface area contributed by atoms with E-state index in [1.807, 2.05) is 0 Å². The Morgan fingerprint density at radius 3 is 2.71 bits per heavy atom. The molecular weight excluding hydrogens is 385 g/mol. The number of fused-ring (bicyclic) bond motifs is 1. The Bertz CT molecular complexity index is 1000. The molecule has 0 saturated heterocycles. The molecule has 1 aromatic heterocycles. The summed E-state index contributed by atoms with van der Waals surface area (Å²) in [5.41, 5.74) is -0.0231. The van der Waals surface area contributed by atoms with Crippen LogP contribution in [0.3, 0.4) is 0 Å². The summed E-state index contributed by atoms with van der Waals surface area (Å²) in [6, 6.07) is 9.53. The Hall–Kier alpha value is -2.74. The summed E-state index contributed by atoms with van der Waals surface area (Å²) in [6.07, 6.45) is 0. The fourth-order valence-electron chi connectivity index (χ4n) is 2.20. The zero-order valence-electron chi connectivity index (χ0n) is 12.0. The maximum Gasteiger partial charge on any atom is 0.336 e. The van der Waals surface area contributed by atoms with E-state index in [1.165, 1.54) is 12.1 Å². The molecule has 0 fully saturated rings. The van der Waals surface area contributed by atoms with Crippen molar-refractivity contribution in [1.29, 1.82) is 0 Å². The van der Waals surface area contributed by atoms with Crippen LogP contribution in [0.1, 0.15) is 5.56 Å². The summed E-state index contributed by atoms with van der Waals surface area (Å²) < 4.78 is 25.1. The molecule has 3 rings (SSSR count). The van der Waals surface area contributed by atoms with Crippen LogP contribution in [0.2, 0.25) is 0 Å². The topological polar surface area (TPSA) is 82.6 Å². The number of nitro groups is 1. The fraction of sp³-hybridized carbons (Fsp3) is 0.0625. The molecule has 0 amide bonds. The molecule has 0 unspecified atom stereocenters. The first-order chi connectivity index (χ1) is 11.4. The van der Waals surface area contributed by atoms with Crippen LogP contribution in [0.5, 0.6) is 5.75 Å². The predicted octanol–water partition coefficient (Wildman–Crippen LogP) is 4.18. The van der Waals surface area contributed by atoms with E-state index < -0.39 is 16.4 Å². The van der Waals surface area contributed by atoms with Crippen LogP contribution in [-0.2, 0) is 6.61 Å². The SMILES string of the molecule is O=c1cc(COc2ccc([N+](=O)[O-])cc2F)c2ccc(Br)cc2o1.